The van der Waals surface area contributed by atoms with Crippen LogP contribution < -0.4 is 10.9 Å². The summed E-state index contributed by atoms with van der Waals surface area (Å²) in [4.78, 5) is 32.8. The number of rotatable bonds is 7. The number of carbonyl (C=O) groups is 1. The molecule has 1 aromatic carbocycles. The first-order valence-electron chi connectivity index (χ1n) is 10.6. The van der Waals surface area contributed by atoms with Gasteiger partial charge in [-0.2, -0.15) is 0 Å². The summed E-state index contributed by atoms with van der Waals surface area (Å²) in [5.74, 6) is 0.829. The number of nitrogens with one attached hydrogen (secondary N) is 1. The third kappa shape index (κ3) is 7.23. The number of aryl methyl sites for hydroxylation is 1. The SMILES string of the molecule is CN=C(NCCCCn1c(C)cccc1=O)N1CCN(Cc2ccc(Cl)cc2)C(=O)C1.I. The Morgan fingerprint density at radius 3 is 2.50 bits per heavy atom. The van der Waals surface area contributed by atoms with Crippen LogP contribution in [0.1, 0.15) is 24.1 Å². The van der Waals surface area contributed by atoms with Crippen molar-refractivity contribution in [2.45, 2.75) is 32.9 Å². The third-order valence-corrected chi connectivity index (χ3v) is 5.73. The van der Waals surface area contributed by atoms with Crippen molar-refractivity contribution in [1.29, 1.82) is 0 Å². The van der Waals surface area contributed by atoms with Gasteiger partial charge in [-0.25, -0.2) is 0 Å². The summed E-state index contributed by atoms with van der Waals surface area (Å²) in [5.41, 5.74) is 2.09. The van der Waals surface area contributed by atoms with Gasteiger partial charge in [0.25, 0.3) is 5.56 Å². The van der Waals surface area contributed by atoms with Gasteiger partial charge in [0.2, 0.25) is 5.91 Å². The summed E-state index contributed by atoms with van der Waals surface area (Å²) in [6.07, 6.45) is 1.80. The zero-order valence-electron chi connectivity index (χ0n) is 18.6. The normalized spacial score (nSPS) is 14.3. The highest BCUT2D eigenvalue weighted by Crippen LogP contribution is 2.13. The maximum absolute atomic E-state index is 12.6. The monoisotopic (exact) mass is 571 g/mol. The molecule has 1 saturated heterocycles. The van der Waals surface area contributed by atoms with Gasteiger partial charge >= 0.3 is 0 Å². The van der Waals surface area contributed by atoms with Gasteiger partial charge in [-0.05, 0) is 43.5 Å². The van der Waals surface area contributed by atoms with E-state index in [4.69, 9.17) is 11.6 Å². The number of amides is 1. The van der Waals surface area contributed by atoms with Crippen LogP contribution in [0.15, 0.2) is 52.3 Å². The summed E-state index contributed by atoms with van der Waals surface area (Å²) >= 11 is 5.94. The van der Waals surface area contributed by atoms with Crippen molar-refractivity contribution >= 4 is 47.4 Å². The molecule has 2 heterocycles. The van der Waals surface area contributed by atoms with E-state index in [0.717, 1.165) is 43.1 Å². The maximum atomic E-state index is 12.6. The van der Waals surface area contributed by atoms with E-state index in [2.05, 4.69) is 10.3 Å². The highest BCUT2D eigenvalue weighted by Gasteiger charge is 2.25. The van der Waals surface area contributed by atoms with Crippen LogP contribution in [0.5, 0.6) is 0 Å². The summed E-state index contributed by atoms with van der Waals surface area (Å²) < 4.78 is 1.80. The fraction of sp³-hybridized carbons (Fsp3) is 0.435. The van der Waals surface area contributed by atoms with Crippen molar-refractivity contribution in [2.75, 3.05) is 33.2 Å². The number of pyridine rings is 1. The lowest BCUT2D eigenvalue weighted by atomic mass is 10.2. The molecule has 1 amide bonds. The first-order chi connectivity index (χ1) is 15.0. The molecule has 2 aromatic rings. The van der Waals surface area contributed by atoms with Crippen molar-refractivity contribution in [2.24, 2.45) is 4.99 Å². The molecule has 0 atom stereocenters. The third-order valence-electron chi connectivity index (χ3n) is 5.48. The number of benzene rings is 1. The highest BCUT2D eigenvalue weighted by molar-refractivity contribution is 14.0. The number of aromatic nitrogens is 1. The molecule has 7 nitrogen and oxygen atoms in total. The minimum atomic E-state index is 0. The van der Waals surface area contributed by atoms with E-state index >= 15 is 0 Å². The Hall–Kier alpha value is -2.07. The average molecular weight is 572 g/mol. The summed E-state index contributed by atoms with van der Waals surface area (Å²) in [6, 6.07) is 12.9. The summed E-state index contributed by atoms with van der Waals surface area (Å²) in [7, 11) is 1.74. The number of guanidine groups is 1. The maximum Gasteiger partial charge on any atom is 0.250 e. The Bertz CT molecular complexity index is 977. The second-order valence-electron chi connectivity index (χ2n) is 7.70. The van der Waals surface area contributed by atoms with Crippen LogP contribution in [-0.2, 0) is 17.9 Å². The number of aliphatic imine (C=N–C) groups is 1. The number of carbonyl (C=O) groups excluding carboxylic acids is 1. The van der Waals surface area contributed by atoms with Crippen molar-refractivity contribution in [3.63, 3.8) is 0 Å². The number of halogens is 2. The average Bonchev–Trinajstić information content (AvgIpc) is 2.75. The number of hydrogen-bond acceptors (Lipinski definition) is 3. The highest BCUT2D eigenvalue weighted by atomic mass is 127. The van der Waals surface area contributed by atoms with Gasteiger partial charge in [0, 0.05) is 56.6 Å². The first-order valence-corrected chi connectivity index (χ1v) is 11.0. The van der Waals surface area contributed by atoms with E-state index in [1.807, 2.05) is 47.1 Å². The molecule has 0 spiro atoms. The van der Waals surface area contributed by atoms with E-state index in [0.29, 0.717) is 31.2 Å². The van der Waals surface area contributed by atoms with Gasteiger partial charge in [-0.3, -0.25) is 14.6 Å². The van der Waals surface area contributed by atoms with Crippen LogP contribution in [0.4, 0.5) is 0 Å². The lowest BCUT2D eigenvalue weighted by Gasteiger charge is -2.36. The van der Waals surface area contributed by atoms with Gasteiger partial charge in [-0.15, -0.1) is 24.0 Å². The van der Waals surface area contributed by atoms with E-state index in [1.165, 1.54) is 0 Å². The quantitative estimate of drug-likeness (QED) is 0.240. The second-order valence-corrected chi connectivity index (χ2v) is 8.14. The lowest BCUT2D eigenvalue weighted by molar-refractivity contribution is -0.135. The summed E-state index contributed by atoms with van der Waals surface area (Å²) in [5, 5.41) is 4.04. The zero-order valence-corrected chi connectivity index (χ0v) is 21.7. The Balaban J connectivity index is 0.00000363. The number of piperazine rings is 1. The predicted octanol–water partition coefficient (Wildman–Crippen LogP) is 3.13. The fourth-order valence-corrected chi connectivity index (χ4v) is 3.83. The van der Waals surface area contributed by atoms with Crippen LogP contribution >= 0.6 is 35.6 Å². The molecular formula is C23H31ClIN5O2. The molecular weight excluding hydrogens is 541 g/mol. The standard InChI is InChI=1S/C23H30ClN5O2.HI/c1-18-6-5-7-21(30)29(18)13-4-3-12-26-23(25-2)28-15-14-27(22(31)17-28)16-19-8-10-20(24)11-9-19;/h5-11H,3-4,12-17H2,1-2H3,(H,25,26);1H. The molecule has 174 valence electrons. The van der Waals surface area contributed by atoms with Crippen molar-refractivity contribution < 1.29 is 4.79 Å². The van der Waals surface area contributed by atoms with Crippen LogP contribution in [0.25, 0.3) is 0 Å². The molecule has 0 saturated carbocycles. The van der Waals surface area contributed by atoms with Crippen LogP contribution in [0.2, 0.25) is 5.02 Å². The zero-order chi connectivity index (χ0) is 22.2. The van der Waals surface area contributed by atoms with Gasteiger partial charge < -0.3 is 19.7 Å². The second kappa shape index (κ2) is 12.8. The number of hydrogen-bond donors (Lipinski definition) is 1. The molecule has 1 fully saturated rings. The Kier molecular flexibility index (Phi) is 10.5. The van der Waals surface area contributed by atoms with Gasteiger partial charge in [0.15, 0.2) is 5.96 Å². The molecule has 0 radical (unpaired) electrons. The number of nitrogens with zero attached hydrogens (tertiary/aromatic N) is 4. The van der Waals surface area contributed by atoms with Crippen molar-refractivity contribution in [3.8, 4) is 0 Å². The van der Waals surface area contributed by atoms with E-state index in [-0.39, 0.29) is 35.4 Å². The smallest absolute Gasteiger partial charge is 0.250 e. The molecule has 3 rings (SSSR count). The lowest BCUT2D eigenvalue weighted by Crippen LogP contribution is -2.55. The Morgan fingerprint density at radius 1 is 1.09 bits per heavy atom. The van der Waals surface area contributed by atoms with Gasteiger partial charge in [-0.1, -0.05) is 29.8 Å². The number of unbranched alkanes of at least 4 members (excludes halogenated alkanes) is 1. The van der Waals surface area contributed by atoms with E-state index < -0.39 is 0 Å². The molecule has 1 aliphatic rings. The molecule has 0 unspecified atom stereocenters. The van der Waals surface area contributed by atoms with E-state index in [1.54, 1.807) is 23.7 Å². The summed E-state index contributed by atoms with van der Waals surface area (Å²) in [6.45, 7) is 5.68. The van der Waals surface area contributed by atoms with E-state index in [9.17, 15) is 9.59 Å². The van der Waals surface area contributed by atoms with Crippen LogP contribution in [0, 0.1) is 6.92 Å². The minimum absolute atomic E-state index is 0. The Morgan fingerprint density at radius 2 is 1.84 bits per heavy atom. The first kappa shape index (κ1) is 26.2. The molecule has 0 aliphatic carbocycles. The fourth-order valence-electron chi connectivity index (χ4n) is 3.70. The van der Waals surface area contributed by atoms with Gasteiger partial charge in [0.1, 0.15) is 0 Å². The molecule has 9 heteroatoms. The van der Waals surface area contributed by atoms with Crippen LogP contribution in [0.3, 0.4) is 0 Å². The van der Waals surface area contributed by atoms with Crippen molar-refractivity contribution in [3.05, 3.63) is 69.1 Å². The minimum Gasteiger partial charge on any atom is -0.356 e. The Labute approximate surface area is 211 Å². The topological polar surface area (TPSA) is 69.9 Å². The largest absolute Gasteiger partial charge is 0.356 e. The molecule has 32 heavy (non-hydrogen) atoms. The van der Waals surface area contributed by atoms with Crippen LogP contribution in [-0.4, -0.2) is 59.5 Å². The van der Waals surface area contributed by atoms with Gasteiger partial charge in [0.05, 0.1) is 6.54 Å². The predicted molar refractivity (Wildman–Crippen MR) is 140 cm³/mol. The van der Waals surface area contributed by atoms with Crippen molar-refractivity contribution in [1.82, 2.24) is 19.7 Å². The molecule has 1 aliphatic heterocycles. The molecule has 1 N–H and O–H groups in total. The molecule has 1 aromatic heterocycles. The molecule has 0 bridgehead atoms.